The summed E-state index contributed by atoms with van der Waals surface area (Å²) in [6.45, 7) is 8.62. The first-order valence-corrected chi connectivity index (χ1v) is 7.26. The van der Waals surface area contributed by atoms with Crippen LogP contribution in [0.3, 0.4) is 0 Å². The molecule has 0 saturated heterocycles. The fourth-order valence-corrected chi connectivity index (χ4v) is 2.23. The van der Waals surface area contributed by atoms with Crippen LogP contribution >= 0.6 is 0 Å². The van der Waals surface area contributed by atoms with Gasteiger partial charge in [-0.2, -0.15) is 0 Å². The van der Waals surface area contributed by atoms with Gasteiger partial charge in [0, 0.05) is 38.3 Å². The predicted molar refractivity (Wildman–Crippen MR) is 83.0 cm³/mol. The minimum absolute atomic E-state index is 0.208. The molecule has 0 aliphatic rings. The van der Waals surface area contributed by atoms with Gasteiger partial charge in [-0.15, -0.1) is 0 Å². The fourth-order valence-electron chi connectivity index (χ4n) is 2.23. The molecule has 3 nitrogen and oxygen atoms in total. The third kappa shape index (κ3) is 5.99. The lowest BCUT2D eigenvalue weighted by Gasteiger charge is -2.26. The Hall–Kier alpha value is -0.970. The van der Waals surface area contributed by atoms with Crippen molar-refractivity contribution in [3.63, 3.8) is 0 Å². The molecule has 0 aromatic heterocycles. The molecule has 1 aromatic rings. The zero-order valence-corrected chi connectivity index (χ0v) is 13.2. The Morgan fingerprint density at radius 2 is 1.90 bits per heavy atom. The van der Waals surface area contributed by atoms with Gasteiger partial charge in [0.05, 0.1) is 0 Å². The maximum Gasteiger partial charge on any atom is 0.127 e. The zero-order valence-electron chi connectivity index (χ0n) is 13.2. The van der Waals surface area contributed by atoms with Gasteiger partial charge in [-0.1, -0.05) is 26.0 Å². The van der Waals surface area contributed by atoms with Gasteiger partial charge < -0.3 is 10.6 Å². The fraction of sp³-hybridized carbons (Fsp3) is 0.625. The lowest BCUT2D eigenvalue weighted by Crippen LogP contribution is -2.34. The number of likely N-dealkylation sites (N-methyl/N-ethyl adjacent to an activating group) is 1. The van der Waals surface area contributed by atoms with E-state index in [9.17, 15) is 4.39 Å². The Morgan fingerprint density at radius 3 is 2.45 bits per heavy atom. The molecular weight excluding hydrogens is 253 g/mol. The van der Waals surface area contributed by atoms with Crippen LogP contribution in [0.5, 0.6) is 0 Å². The highest BCUT2D eigenvalue weighted by molar-refractivity contribution is 5.25. The molecule has 114 valence electrons. The molecule has 0 fully saturated rings. The molecule has 0 amide bonds. The molecule has 0 unspecified atom stereocenters. The van der Waals surface area contributed by atoms with Gasteiger partial charge in [-0.3, -0.25) is 4.90 Å². The van der Waals surface area contributed by atoms with Crippen LogP contribution in [-0.2, 0) is 13.1 Å². The second-order valence-electron chi connectivity index (χ2n) is 6.06. The third-order valence-electron chi connectivity index (χ3n) is 3.22. The average molecular weight is 281 g/mol. The van der Waals surface area contributed by atoms with Crippen molar-refractivity contribution in [3.05, 3.63) is 35.1 Å². The van der Waals surface area contributed by atoms with E-state index in [1.54, 1.807) is 0 Å². The predicted octanol–water partition coefficient (Wildman–Crippen LogP) is 2.30. The van der Waals surface area contributed by atoms with Gasteiger partial charge in [0.25, 0.3) is 0 Å². The maximum absolute atomic E-state index is 13.5. The summed E-state index contributed by atoms with van der Waals surface area (Å²) in [5.41, 5.74) is 7.30. The van der Waals surface area contributed by atoms with E-state index in [1.165, 1.54) is 6.07 Å². The normalized spacial score (nSPS) is 11.8. The molecule has 0 bridgehead atoms. The first kappa shape index (κ1) is 17.1. The summed E-state index contributed by atoms with van der Waals surface area (Å²) >= 11 is 0. The van der Waals surface area contributed by atoms with Crippen LogP contribution in [0.15, 0.2) is 18.2 Å². The molecule has 4 heteroatoms. The summed E-state index contributed by atoms with van der Waals surface area (Å²) in [5.74, 6) is 0.409. The summed E-state index contributed by atoms with van der Waals surface area (Å²) < 4.78 is 13.5. The Bertz CT molecular complexity index is 405. The SMILES string of the molecule is CC(C)CN(CCN(C)C)Cc1ccc(F)c(CN)c1. The number of hydrogen-bond donors (Lipinski definition) is 1. The highest BCUT2D eigenvalue weighted by Gasteiger charge is 2.10. The Morgan fingerprint density at radius 1 is 1.20 bits per heavy atom. The summed E-state index contributed by atoms with van der Waals surface area (Å²) in [6.07, 6.45) is 0. The monoisotopic (exact) mass is 281 g/mol. The van der Waals surface area contributed by atoms with Crippen LogP contribution in [0, 0.1) is 11.7 Å². The van der Waals surface area contributed by atoms with Crippen LogP contribution in [-0.4, -0.2) is 43.5 Å². The van der Waals surface area contributed by atoms with Crippen molar-refractivity contribution in [2.24, 2.45) is 11.7 Å². The number of nitrogens with zero attached hydrogens (tertiary/aromatic N) is 2. The molecule has 0 aliphatic carbocycles. The largest absolute Gasteiger partial charge is 0.326 e. The molecule has 0 saturated carbocycles. The zero-order chi connectivity index (χ0) is 15.1. The second kappa shape index (κ2) is 8.35. The van der Waals surface area contributed by atoms with Gasteiger partial charge in [0.2, 0.25) is 0 Å². The molecule has 0 atom stereocenters. The molecule has 0 aliphatic heterocycles. The smallest absolute Gasteiger partial charge is 0.127 e. The van der Waals surface area contributed by atoms with E-state index in [4.69, 9.17) is 5.73 Å². The molecular formula is C16H28FN3. The van der Waals surface area contributed by atoms with Gasteiger partial charge in [-0.25, -0.2) is 4.39 Å². The van der Waals surface area contributed by atoms with Gasteiger partial charge in [0.1, 0.15) is 5.82 Å². The van der Waals surface area contributed by atoms with Crippen LogP contribution in [0.4, 0.5) is 4.39 Å². The van der Waals surface area contributed by atoms with Crippen molar-refractivity contribution in [1.29, 1.82) is 0 Å². The number of hydrogen-bond acceptors (Lipinski definition) is 3. The maximum atomic E-state index is 13.5. The van der Waals surface area contributed by atoms with Crippen molar-refractivity contribution in [2.75, 3.05) is 33.7 Å². The number of benzene rings is 1. The van der Waals surface area contributed by atoms with E-state index in [0.717, 1.165) is 31.7 Å². The van der Waals surface area contributed by atoms with E-state index >= 15 is 0 Å². The highest BCUT2D eigenvalue weighted by Crippen LogP contribution is 2.13. The van der Waals surface area contributed by atoms with E-state index < -0.39 is 0 Å². The van der Waals surface area contributed by atoms with E-state index in [1.807, 2.05) is 12.1 Å². The standard InChI is InChI=1S/C16H28FN3/c1-13(2)11-20(8-7-19(3)4)12-14-5-6-16(17)15(9-14)10-18/h5-6,9,13H,7-8,10-12,18H2,1-4H3. The molecule has 1 rings (SSSR count). The number of nitrogens with two attached hydrogens (primary N) is 1. The topological polar surface area (TPSA) is 32.5 Å². The Labute approximate surface area is 122 Å². The number of rotatable bonds is 8. The first-order chi connectivity index (χ1) is 9.42. The molecule has 0 spiro atoms. The summed E-state index contributed by atoms with van der Waals surface area (Å²) in [4.78, 5) is 4.60. The highest BCUT2D eigenvalue weighted by atomic mass is 19.1. The molecule has 2 N–H and O–H groups in total. The molecule has 1 aromatic carbocycles. The van der Waals surface area contributed by atoms with Crippen molar-refractivity contribution in [2.45, 2.75) is 26.9 Å². The van der Waals surface area contributed by atoms with Crippen molar-refractivity contribution in [3.8, 4) is 0 Å². The Kier molecular flexibility index (Phi) is 7.13. The minimum atomic E-state index is -0.208. The average Bonchev–Trinajstić information content (AvgIpc) is 2.37. The number of halogens is 1. The van der Waals surface area contributed by atoms with Crippen LogP contribution in [0.25, 0.3) is 0 Å². The van der Waals surface area contributed by atoms with Gasteiger partial charge in [-0.05, 0) is 31.6 Å². The van der Waals surface area contributed by atoms with Crippen LogP contribution in [0.2, 0.25) is 0 Å². The van der Waals surface area contributed by atoms with Crippen LogP contribution < -0.4 is 5.73 Å². The van der Waals surface area contributed by atoms with Crippen molar-refractivity contribution in [1.82, 2.24) is 9.80 Å². The minimum Gasteiger partial charge on any atom is -0.326 e. The second-order valence-corrected chi connectivity index (χ2v) is 6.06. The van der Waals surface area contributed by atoms with E-state index in [-0.39, 0.29) is 12.4 Å². The summed E-state index contributed by atoms with van der Waals surface area (Å²) in [6, 6.07) is 5.27. The van der Waals surface area contributed by atoms with E-state index in [2.05, 4.69) is 37.7 Å². The summed E-state index contributed by atoms with van der Waals surface area (Å²) in [5, 5.41) is 0. The molecule has 20 heavy (non-hydrogen) atoms. The quantitative estimate of drug-likeness (QED) is 0.793. The first-order valence-electron chi connectivity index (χ1n) is 7.26. The summed E-state index contributed by atoms with van der Waals surface area (Å²) in [7, 11) is 4.16. The van der Waals surface area contributed by atoms with E-state index in [0.29, 0.717) is 11.5 Å². The lowest BCUT2D eigenvalue weighted by atomic mass is 10.1. The Balaban J connectivity index is 2.72. The molecule has 0 radical (unpaired) electrons. The van der Waals surface area contributed by atoms with Crippen LogP contribution in [0.1, 0.15) is 25.0 Å². The van der Waals surface area contributed by atoms with Crippen molar-refractivity contribution < 1.29 is 4.39 Å². The van der Waals surface area contributed by atoms with Crippen molar-refractivity contribution >= 4 is 0 Å². The van der Waals surface area contributed by atoms with Gasteiger partial charge in [0.15, 0.2) is 0 Å². The van der Waals surface area contributed by atoms with Gasteiger partial charge >= 0.3 is 0 Å². The third-order valence-corrected chi connectivity index (χ3v) is 3.22. The molecule has 0 heterocycles. The lowest BCUT2D eigenvalue weighted by molar-refractivity contribution is 0.211.